The SMILES string of the molecule is N#CCc1ccc2ccc(Cl)cc2n1. The number of halogens is 1. The van der Waals surface area contributed by atoms with Gasteiger partial charge in [0.25, 0.3) is 0 Å². The molecule has 0 N–H and O–H groups in total. The predicted molar refractivity (Wildman–Crippen MR) is 56.1 cm³/mol. The van der Waals surface area contributed by atoms with Crippen molar-refractivity contribution in [3.8, 4) is 6.07 Å². The summed E-state index contributed by atoms with van der Waals surface area (Å²) in [6, 6.07) is 11.4. The van der Waals surface area contributed by atoms with Crippen LogP contribution < -0.4 is 0 Å². The Bertz CT molecular complexity index is 514. The van der Waals surface area contributed by atoms with E-state index in [1.807, 2.05) is 24.3 Å². The average Bonchev–Trinajstić information content (AvgIpc) is 2.17. The van der Waals surface area contributed by atoms with Crippen LogP contribution in [-0.2, 0) is 6.42 Å². The quantitative estimate of drug-likeness (QED) is 0.713. The van der Waals surface area contributed by atoms with Crippen LogP contribution in [-0.4, -0.2) is 4.98 Å². The summed E-state index contributed by atoms with van der Waals surface area (Å²) in [5.41, 5.74) is 1.62. The van der Waals surface area contributed by atoms with Gasteiger partial charge < -0.3 is 0 Å². The number of pyridine rings is 1. The van der Waals surface area contributed by atoms with E-state index in [0.29, 0.717) is 11.4 Å². The van der Waals surface area contributed by atoms with Crippen molar-refractivity contribution in [2.24, 2.45) is 0 Å². The molecule has 0 fully saturated rings. The van der Waals surface area contributed by atoms with Crippen LogP contribution in [0.1, 0.15) is 5.69 Å². The number of nitriles is 1. The maximum absolute atomic E-state index is 8.53. The lowest BCUT2D eigenvalue weighted by molar-refractivity contribution is 1.15. The molecule has 14 heavy (non-hydrogen) atoms. The molecule has 0 atom stereocenters. The second-order valence-electron chi connectivity index (χ2n) is 2.97. The van der Waals surface area contributed by atoms with Crippen LogP contribution in [0.15, 0.2) is 30.3 Å². The highest BCUT2D eigenvalue weighted by Gasteiger charge is 1.98. The molecule has 0 spiro atoms. The first-order valence-corrected chi connectivity index (χ1v) is 4.59. The number of hydrogen-bond donors (Lipinski definition) is 0. The molecule has 2 rings (SSSR count). The Morgan fingerprint density at radius 1 is 1.29 bits per heavy atom. The van der Waals surface area contributed by atoms with E-state index in [0.717, 1.165) is 16.6 Å². The summed E-state index contributed by atoms with van der Waals surface area (Å²) in [7, 11) is 0. The molecule has 2 aromatic rings. The minimum absolute atomic E-state index is 0.336. The molecule has 0 bridgehead atoms. The van der Waals surface area contributed by atoms with Gasteiger partial charge in [0, 0.05) is 10.4 Å². The number of nitrogens with zero attached hydrogens (tertiary/aromatic N) is 2. The molecule has 0 aliphatic rings. The second-order valence-corrected chi connectivity index (χ2v) is 3.41. The summed E-state index contributed by atoms with van der Waals surface area (Å²) in [6.45, 7) is 0. The molecular formula is C11H7ClN2. The lowest BCUT2D eigenvalue weighted by atomic mass is 10.2. The Morgan fingerprint density at radius 2 is 2.07 bits per heavy atom. The van der Waals surface area contributed by atoms with E-state index in [2.05, 4.69) is 11.1 Å². The van der Waals surface area contributed by atoms with E-state index in [1.165, 1.54) is 0 Å². The summed E-state index contributed by atoms with van der Waals surface area (Å²) < 4.78 is 0. The highest BCUT2D eigenvalue weighted by atomic mass is 35.5. The Morgan fingerprint density at radius 3 is 2.86 bits per heavy atom. The highest BCUT2D eigenvalue weighted by Crippen LogP contribution is 2.17. The van der Waals surface area contributed by atoms with E-state index in [-0.39, 0.29) is 0 Å². The highest BCUT2D eigenvalue weighted by molar-refractivity contribution is 6.31. The van der Waals surface area contributed by atoms with E-state index in [1.54, 1.807) is 6.07 Å². The van der Waals surface area contributed by atoms with Gasteiger partial charge in [0.1, 0.15) is 0 Å². The first kappa shape index (κ1) is 8.98. The van der Waals surface area contributed by atoms with Crippen LogP contribution in [0.5, 0.6) is 0 Å². The fraction of sp³-hybridized carbons (Fsp3) is 0.0909. The van der Waals surface area contributed by atoms with Crippen LogP contribution in [0.2, 0.25) is 5.02 Å². The number of aromatic nitrogens is 1. The maximum Gasteiger partial charge on any atom is 0.0774 e. The van der Waals surface area contributed by atoms with Crippen LogP contribution >= 0.6 is 11.6 Å². The lowest BCUT2D eigenvalue weighted by Crippen LogP contribution is -1.88. The molecule has 0 aliphatic heterocycles. The smallest absolute Gasteiger partial charge is 0.0774 e. The molecule has 3 heteroatoms. The molecular weight excluding hydrogens is 196 g/mol. The zero-order valence-corrected chi connectivity index (χ0v) is 8.12. The summed E-state index contributed by atoms with van der Waals surface area (Å²) in [5, 5.41) is 10.2. The van der Waals surface area contributed by atoms with Crippen molar-refractivity contribution in [3.63, 3.8) is 0 Å². The van der Waals surface area contributed by atoms with Crippen molar-refractivity contribution in [1.82, 2.24) is 4.98 Å². The van der Waals surface area contributed by atoms with Crippen LogP contribution in [0.3, 0.4) is 0 Å². The molecule has 0 aliphatic carbocycles. The third-order valence-corrected chi connectivity index (χ3v) is 2.21. The zero-order chi connectivity index (χ0) is 9.97. The monoisotopic (exact) mass is 202 g/mol. The van der Waals surface area contributed by atoms with Crippen molar-refractivity contribution in [1.29, 1.82) is 5.26 Å². The molecule has 1 heterocycles. The van der Waals surface area contributed by atoms with Crippen molar-refractivity contribution in [2.75, 3.05) is 0 Å². The molecule has 2 nitrogen and oxygen atoms in total. The van der Waals surface area contributed by atoms with Gasteiger partial charge in [-0.15, -0.1) is 0 Å². The number of rotatable bonds is 1. The van der Waals surface area contributed by atoms with Gasteiger partial charge in [-0.25, -0.2) is 0 Å². The van der Waals surface area contributed by atoms with Gasteiger partial charge >= 0.3 is 0 Å². The van der Waals surface area contributed by atoms with Crippen molar-refractivity contribution < 1.29 is 0 Å². The van der Waals surface area contributed by atoms with Crippen LogP contribution in [0.25, 0.3) is 10.9 Å². The number of hydrogen-bond acceptors (Lipinski definition) is 2. The van der Waals surface area contributed by atoms with Gasteiger partial charge in [-0.2, -0.15) is 5.26 Å². The molecule has 0 unspecified atom stereocenters. The lowest BCUT2D eigenvalue weighted by Gasteiger charge is -1.99. The van der Waals surface area contributed by atoms with E-state index in [9.17, 15) is 0 Å². The van der Waals surface area contributed by atoms with E-state index >= 15 is 0 Å². The number of benzene rings is 1. The van der Waals surface area contributed by atoms with Gasteiger partial charge in [0.15, 0.2) is 0 Å². The van der Waals surface area contributed by atoms with E-state index in [4.69, 9.17) is 16.9 Å². The number of fused-ring (bicyclic) bond motifs is 1. The summed E-state index contributed by atoms with van der Waals surface area (Å²) in [6.07, 6.45) is 0.336. The molecule has 1 aromatic carbocycles. The minimum atomic E-state index is 0.336. The molecule has 68 valence electrons. The largest absolute Gasteiger partial charge is 0.252 e. The van der Waals surface area contributed by atoms with Crippen molar-refractivity contribution in [3.05, 3.63) is 41.0 Å². The summed E-state index contributed by atoms with van der Waals surface area (Å²) >= 11 is 5.84. The Balaban J connectivity index is 2.59. The second kappa shape index (κ2) is 3.65. The summed E-state index contributed by atoms with van der Waals surface area (Å²) in [5.74, 6) is 0. The third-order valence-electron chi connectivity index (χ3n) is 1.97. The molecule has 0 saturated carbocycles. The van der Waals surface area contributed by atoms with Gasteiger partial charge in [0.05, 0.1) is 23.7 Å². The van der Waals surface area contributed by atoms with Gasteiger partial charge in [-0.05, 0) is 18.2 Å². The van der Waals surface area contributed by atoms with Crippen LogP contribution in [0.4, 0.5) is 0 Å². The van der Waals surface area contributed by atoms with Crippen LogP contribution in [0, 0.1) is 11.3 Å². The first-order chi connectivity index (χ1) is 6.79. The van der Waals surface area contributed by atoms with Crippen molar-refractivity contribution in [2.45, 2.75) is 6.42 Å². The van der Waals surface area contributed by atoms with Crippen molar-refractivity contribution >= 4 is 22.5 Å². The fourth-order valence-corrected chi connectivity index (χ4v) is 1.48. The topological polar surface area (TPSA) is 36.7 Å². The van der Waals surface area contributed by atoms with Gasteiger partial charge in [-0.3, -0.25) is 4.98 Å². The van der Waals surface area contributed by atoms with E-state index < -0.39 is 0 Å². The molecule has 1 aromatic heterocycles. The van der Waals surface area contributed by atoms with Gasteiger partial charge in [0.2, 0.25) is 0 Å². The Labute approximate surface area is 86.8 Å². The van der Waals surface area contributed by atoms with Gasteiger partial charge in [-0.1, -0.05) is 23.7 Å². The fourth-order valence-electron chi connectivity index (χ4n) is 1.31. The average molecular weight is 203 g/mol. The Hall–Kier alpha value is -1.59. The predicted octanol–water partition coefficient (Wildman–Crippen LogP) is 2.95. The normalized spacial score (nSPS) is 10.0. The zero-order valence-electron chi connectivity index (χ0n) is 7.37. The minimum Gasteiger partial charge on any atom is -0.252 e. The maximum atomic E-state index is 8.53. The first-order valence-electron chi connectivity index (χ1n) is 4.22. The summed E-state index contributed by atoms with van der Waals surface area (Å²) in [4.78, 5) is 4.32. The Kier molecular flexibility index (Phi) is 2.34. The molecule has 0 saturated heterocycles. The standard InChI is InChI=1S/C11H7ClN2/c12-9-3-1-8-2-4-10(5-6-13)14-11(8)7-9/h1-4,7H,5H2. The third kappa shape index (κ3) is 1.68. The molecule has 0 radical (unpaired) electrons. The molecule has 0 amide bonds.